The van der Waals surface area contributed by atoms with Crippen LogP contribution in [0.3, 0.4) is 0 Å². The van der Waals surface area contributed by atoms with E-state index < -0.39 is 0 Å². The van der Waals surface area contributed by atoms with Crippen LogP contribution in [0.2, 0.25) is 5.02 Å². The topological polar surface area (TPSA) is 77.2 Å². The third-order valence-electron chi connectivity index (χ3n) is 4.06. The summed E-state index contributed by atoms with van der Waals surface area (Å²) in [6.07, 6.45) is 6.52. The highest BCUT2D eigenvalue weighted by atomic mass is 35.5. The van der Waals surface area contributed by atoms with Crippen molar-refractivity contribution in [1.82, 2.24) is 4.98 Å². The summed E-state index contributed by atoms with van der Waals surface area (Å²) in [6.45, 7) is 1.87. The number of rotatable bonds is 5. The Morgan fingerprint density at radius 1 is 1.25 bits per heavy atom. The number of terminal acetylenes is 1. The molecule has 3 aromatic rings. The Hall–Kier alpha value is -3.49. The van der Waals surface area contributed by atoms with E-state index in [4.69, 9.17) is 28.5 Å². The fourth-order valence-corrected chi connectivity index (χ4v) is 2.75. The number of pyridine rings is 1. The van der Waals surface area contributed by atoms with Crippen molar-refractivity contribution in [3.63, 3.8) is 0 Å². The number of carbonyl (C=O) groups is 1. The second-order valence-electron chi connectivity index (χ2n) is 6.10. The summed E-state index contributed by atoms with van der Waals surface area (Å²) in [5.41, 5.74) is 8.47. The van der Waals surface area contributed by atoms with Crippen LogP contribution in [0.1, 0.15) is 34.5 Å². The molecule has 5 nitrogen and oxygen atoms in total. The monoisotopic (exact) mass is 391 g/mol. The Bertz CT molecular complexity index is 1060. The zero-order valence-corrected chi connectivity index (χ0v) is 15.9. The molecule has 28 heavy (non-hydrogen) atoms. The number of amides is 1. The van der Waals surface area contributed by atoms with Gasteiger partial charge in [-0.2, -0.15) is 0 Å². The van der Waals surface area contributed by atoms with Gasteiger partial charge in [-0.15, -0.1) is 6.42 Å². The Morgan fingerprint density at radius 3 is 2.82 bits per heavy atom. The molecule has 1 atom stereocenters. The molecule has 6 heteroatoms. The van der Waals surface area contributed by atoms with Crippen LogP contribution in [0.4, 0.5) is 11.5 Å². The van der Waals surface area contributed by atoms with Gasteiger partial charge in [0.25, 0.3) is 5.91 Å². The largest absolute Gasteiger partial charge is 0.482 e. The number of anilines is 2. The van der Waals surface area contributed by atoms with Crippen molar-refractivity contribution in [2.24, 2.45) is 0 Å². The zero-order chi connectivity index (χ0) is 20.1. The minimum Gasteiger partial charge on any atom is -0.482 e. The van der Waals surface area contributed by atoms with E-state index in [9.17, 15) is 4.79 Å². The number of carbonyl (C=O) groups excluding carboxylic acids is 1. The normalized spacial score (nSPS) is 11.3. The first-order valence-corrected chi connectivity index (χ1v) is 8.89. The second-order valence-corrected chi connectivity index (χ2v) is 6.54. The number of nitrogens with one attached hydrogen (secondary N) is 1. The molecule has 1 aromatic heterocycles. The third-order valence-corrected chi connectivity index (χ3v) is 4.26. The van der Waals surface area contributed by atoms with Crippen molar-refractivity contribution < 1.29 is 9.53 Å². The zero-order valence-electron chi connectivity index (χ0n) is 15.1. The first kappa shape index (κ1) is 19.3. The minimum absolute atomic E-state index is 0.244. The summed E-state index contributed by atoms with van der Waals surface area (Å²) in [5, 5.41) is 3.30. The maximum absolute atomic E-state index is 12.5. The highest BCUT2D eigenvalue weighted by molar-refractivity contribution is 6.30. The average molecular weight is 392 g/mol. The second kappa shape index (κ2) is 8.47. The molecular formula is C22H18ClN3O2. The summed E-state index contributed by atoms with van der Waals surface area (Å²) in [5.74, 6) is 2.94. The molecule has 140 valence electrons. The fourth-order valence-electron chi connectivity index (χ4n) is 2.61. The van der Waals surface area contributed by atoms with Crippen LogP contribution in [0.15, 0.2) is 60.8 Å². The van der Waals surface area contributed by atoms with Gasteiger partial charge in [-0.25, -0.2) is 4.98 Å². The van der Waals surface area contributed by atoms with Crippen LogP contribution in [0.5, 0.6) is 5.75 Å². The van der Waals surface area contributed by atoms with Gasteiger partial charge in [0.15, 0.2) is 11.6 Å². The van der Waals surface area contributed by atoms with E-state index >= 15 is 0 Å². The Labute approximate surface area is 168 Å². The van der Waals surface area contributed by atoms with Crippen LogP contribution in [0.25, 0.3) is 0 Å². The van der Waals surface area contributed by atoms with Gasteiger partial charge in [0.1, 0.15) is 6.10 Å². The van der Waals surface area contributed by atoms with Gasteiger partial charge < -0.3 is 15.8 Å². The Kier molecular flexibility index (Phi) is 5.83. The van der Waals surface area contributed by atoms with Crippen LogP contribution in [-0.4, -0.2) is 10.9 Å². The number of nitrogens with zero attached hydrogens (tertiary/aromatic N) is 1. The van der Waals surface area contributed by atoms with Gasteiger partial charge in [-0.05, 0) is 42.8 Å². The Balaban J connectivity index is 1.75. The highest BCUT2D eigenvalue weighted by Gasteiger charge is 2.13. The van der Waals surface area contributed by atoms with Crippen molar-refractivity contribution in [3.05, 3.63) is 82.5 Å². The predicted molar refractivity (Wildman–Crippen MR) is 111 cm³/mol. The summed E-state index contributed by atoms with van der Waals surface area (Å²) in [4.78, 5) is 16.5. The lowest BCUT2D eigenvalue weighted by molar-refractivity contribution is 0.102. The lowest BCUT2D eigenvalue weighted by atomic mass is 10.1. The number of aromatic nitrogens is 1. The molecule has 2 aromatic carbocycles. The molecule has 0 bridgehead atoms. The molecule has 1 heterocycles. The molecule has 0 unspecified atom stereocenters. The summed E-state index contributed by atoms with van der Waals surface area (Å²) >= 11 is 5.95. The maximum Gasteiger partial charge on any atom is 0.255 e. The van der Waals surface area contributed by atoms with Gasteiger partial charge in [-0.1, -0.05) is 35.7 Å². The number of halogens is 1. The first-order valence-electron chi connectivity index (χ1n) is 8.52. The number of benzene rings is 2. The van der Waals surface area contributed by atoms with Crippen LogP contribution in [0, 0.1) is 12.3 Å². The molecular weight excluding hydrogens is 374 g/mol. The molecule has 0 aliphatic heterocycles. The highest BCUT2D eigenvalue weighted by Crippen LogP contribution is 2.29. The number of hydrogen-bond donors (Lipinski definition) is 2. The van der Waals surface area contributed by atoms with Crippen LogP contribution in [-0.2, 0) is 0 Å². The lowest BCUT2D eigenvalue weighted by Gasteiger charge is -2.17. The van der Waals surface area contributed by atoms with E-state index in [2.05, 4.69) is 16.2 Å². The molecule has 0 aliphatic carbocycles. The molecule has 0 saturated carbocycles. The van der Waals surface area contributed by atoms with E-state index in [1.807, 2.05) is 25.1 Å². The molecule has 0 radical (unpaired) electrons. The third kappa shape index (κ3) is 4.61. The van der Waals surface area contributed by atoms with Crippen LogP contribution < -0.4 is 15.8 Å². The number of ether oxygens (including phenoxy) is 1. The van der Waals surface area contributed by atoms with E-state index in [1.165, 1.54) is 6.20 Å². The van der Waals surface area contributed by atoms with Gasteiger partial charge in [-0.3, -0.25) is 4.79 Å². The summed E-state index contributed by atoms with van der Waals surface area (Å²) in [6, 6.07) is 15.9. The minimum atomic E-state index is -0.329. The number of hydrogen-bond acceptors (Lipinski definition) is 4. The molecule has 0 fully saturated rings. The van der Waals surface area contributed by atoms with Crippen molar-refractivity contribution in [1.29, 1.82) is 0 Å². The predicted octanol–water partition coefficient (Wildman–Crippen LogP) is 4.69. The maximum atomic E-state index is 12.5. The Morgan fingerprint density at radius 2 is 2.04 bits per heavy atom. The fraction of sp³-hybridized carbons (Fsp3) is 0.0909. The van der Waals surface area contributed by atoms with Crippen molar-refractivity contribution in [2.45, 2.75) is 13.0 Å². The van der Waals surface area contributed by atoms with Gasteiger partial charge >= 0.3 is 0 Å². The summed E-state index contributed by atoms with van der Waals surface area (Å²) < 4.78 is 5.88. The summed E-state index contributed by atoms with van der Waals surface area (Å²) in [7, 11) is 0. The molecule has 1 amide bonds. The quantitative estimate of drug-likeness (QED) is 0.618. The molecule has 3 N–H and O–H groups in total. The van der Waals surface area contributed by atoms with Gasteiger partial charge in [0.05, 0.1) is 5.02 Å². The van der Waals surface area contributed by atoms with Crippen molar-refractivity contribution >= 4 is 29.0 Å². The lowest BCUT2D eigenvalue weighted by Crippen LogP contribution is -2.13. The molecule has 0 aliphatic rings. The molecule has 0 spiro atoms. The smallest absolute Gasteiger partial charge is 0.255 e. The van der Waals surface area contributed by atoms with Gasteiger partial charge in [0, 0.05) is 29.1 Å². The van der Waals surface area contributed by atoms with Crippen LogP contribution >= 0.6 is 11.6 Å². The molecule has 0 saturated heterocycles. The average Bonchev–Trinajstić information content (AvgIpc) is 2.71. The van der Waals surface area contributed by atoms with E-state index in [-0.39, 0.29) is 17.8 Å². The van der Waals surface area contributed by atoms with E-state index in [0.29, 0.717) is 27.6 Å². The van der Waals surface area contributed by atoms with Crippen molar-refractivity contribution in [2.75, 3.05) is 11.1 Å². The number of nitrogen functional groups attached to an aromatic ring is 1. The number of nitrogens with two attached hydrogens (primary N) is 1. The van der Waals surface area contributed by atoms with Gasteiger partial charge in [0.2, 0.25) is 0 Å². The van der Waals surface area contributed by atoms with Crippen molar-refractivity contribution in [3.8, 4) is 18.1 Å². The first-order chi connectivity index (χ1) is 13.5. The van der Waals surface area contributed by atoms with E-state index in [1.54, 1.807) is 36.4 Å². The van der Waals surface area contributed by atoms with E-state index in [0.717, 1.165) is 5.56 Å². The standard InChI is InChI=1S/C22H18ClN3O2/c1-3-15-6-4-8-17(10-15)22(27)26-19-9-5-7-16(11-19)14(2)28-20-12-18(23)13-25-21(20)24/h1,4-14H,2H3,(H2,24,25)(H,26,27)/t14-/m1/s1. The SMILES string of the molecule is C#Cc1cccc(C(=O)Nc2cccc([C@@H](C)Oc3cc(Cl)cnc3N)c2)c1. The molecule has 3 rings (SSSR count).